The topological polar surface area (TPSA) is 52.6 Å². The van der Waals surface area contributed by atoms with E-state index in [1.54, 1.807) is 18.1 Å². The molecule has 1 aliphatic carbocycles. The summed E-state index contributed by atoms with van der Waals surface area (Å²) < 4.78 is 10.6. The Labute approximate surface area is 107 Å². The zero-order valence-corrected chi connectivity index (χ0v) is 10.8. The lowest BCUT2D eigenvalue weighted by Crippen LogP contribution is -2.14. The molecular weight excluding hydrogens is 232 g/mol. The van der Waals surface area contributed by atoms with Gasteiger partial charge in [-0.1, -0.05) is 13.8 Å². The molecule has 0 fully saturated rings. The second kappa shape index (κ2) is 7.51. The van der Waals surface area contributed by atoms with Gasteiger partial charge in [0.15, 0.2) is 0 Å². The summed E-state index contributed by atoms with van der Waals surface area (Å²) in [6.07, 6.45) is 5.08. The quantitative estimate of drug-likeness (QED) is 0.536. The molecule has 4 heteroatoms. The van der Waals surface area contributed by atoms with Crippen molar-refractivity contribution >= 4 is 11.9 Å². The minimum atomic E-state index is -0.417. The molecule has 0 N–H and O–H groups in total. The van der Waals surface area contributed by atoms with Crippen molar-refractivity contribution in [3.63, 3.8) is 0 Å². The minimum Gasteiger partial charge on any atom is -0.493 e. The summed E-state index contributed by atoms with van der Waals surface area (Å²) in [6.45, 7) is 4.81. The number of hydrogen-bond acceptors (Lipinski definition) is 4. The van der Waals surface area contributed by atoms with Crippen molar-refractivity contribution in [1.29, 1.82) is 0 Å². The summed E-state index contributed by atoms with van der Waals surface area (Å²) in [5.74, 6) is 1.88. The zero-order chi connectivity index (χ0) is 13.4. The van der Waals surface area contributed by atoms with Gasteiger partial charge in [-0.2, -0.15) is 0 Å². The van der Waals surface area contributed by atoms with Crippen LogP contribution in [0.15, 0.2) is 29.1 Å². The number of rotatable bonds is 6. The molecule has 0 spiro atoms. The van der Waals surface area contributed by atoms with E-state index in [4.69, 9.17) is 9.47 Å². The summed E-state index contributed by atoms with van der Waals surface area (Å²) in [5.41, 5.74) is 0.833. The van der Waals surface area contributed by atoms with Crippen LogP contribution in [0.2, 0.25) is 0 Å². The van der Waals surface area contributed by atoms with Crippen molar-refractivity contribution in [2.75, 3.05) is 13.2 Å². The van der Waals surface area contributed by atoms with Crippen molar-refractivity contribution in [3.8, 4) is 0 Å². The molecule has 1 aliphatic rings. The average molecular weight is 250 g/mol. The van der Waals surface area contributed by atoms with Gasteiger partial charge in [-0.15, -0.1) is 0 Å². The van der Waals surface area contributed by atoms with Crippen LogP contribution in [0.1, 0.15) is 33.1 Å². The molecule has 0 atom stereocenters. The van der Waals surface area contributed by atoms with Gasteiger partial charge in [0.25, 0.3) is 0 Å². The lowest BCUT2D eigenvalue weighted by atomic mass is 10.00. The predicted molar refractivity (Wildman–Crippen MR) is 67.5 cm³/mol. The molecule has 0 unspecified atom stereocenters. The van der Waals surface area contributed by atoms with Crippen molar-refractivity contribution in [3.05, 3.63) is 29.1 Å². The Morgan fingerprint density at radius 3 is 2.61 bits per heavy atom. The first-order valence-corrected chi connectivity index (χ1v) is 6.18. The fourth-order valence-corrected chi connectivity index (χ4v) is 1.49. The normalized spacial score (nSPS) is 14.4. The highest BCUT2D eigenvalue weighted by atomic mass is 16.5. The standard InChI is InChI=1S/C14H18O4/c1-3-7-17-13-6-5-11(10-15)9-12(13)14(16)18-8-4-2/h5-6H,3-4,7-9H2,1-2H3. The molecule has 0 aliphatic heterocycles. The third-order valence-corrected chi connectivity index (χ3v) is 2.38. The second-order valence-corrected chi connectivity index (χ2v) is 3.96. The first kappa shape index (κ1) is 14.3. The number of carbonyl (C=O) groups is 1. The van der Waals surface area contributed by atoms with Crippen LogP contribution in [-0.2, 0) is 19.1 Å². The maximum absolute atomic E-state index is 11.9. The van der Waals surface area contributed by atoms with Gasteiger partial charge in [0.05, 0.1) is 18.8 Å². The summed E-state index contributed by atoms with van der Waals surface area (Å²) in [5, 5.41) is 0. The minimum absolute atomic E-state index is 0.224. The van der Waals surface area contributed by atoms with Gasteiger partial charge in [0, 0.05) is 12.0 Å². The van der Waals surface area contributed by atoms with Crippen molar-refractivity contribution < 1.29 is 19.1 Å². The molecule has 1 rings (SSSR count). The van der Waals surface area contributed by atoms with Crippen LogP contribution in [0.4, 0.5) is 0 Å². The molecule has 0 heterocycles. The Balaban J connectivity index is 2.87. The van der Waals surface area contributed by atoms with Crippen LogP contribution < -0.4 is 0 Å². The zero-order valence-electron chi connectivity index (χ0n) is 10.8. The summed E-state index contributed by atoms with van der Waals surface area (Å²) >= 11 is 0. The molecule has 0 aromatic carbocycles. The van der Waals surface area contributed by atoms with E-state index in [-0.39, 0.29) is 6.42 Å². The first-order valence-electron chi connectivity index (χ1n) is 6.18. The molecule has 4 nitrogen and oxygen atoms in total. The van der Waals surface area contributed by atoms with E-state index < -0.39 is 5.97 Å². The summed E-state index contributed by atoms with van der Waals surface area (Å²) in [6, 6.07) is 0. The molecule has 0 bridgehead atoms. The molecule has 0 radical (unpaired) electrons. The lowest BCUT2D eigenvalue weighted by molar-refractivity contribution is -0.139. The van der Waals surface area contributed by atoms with Crippen LogP contribution in [-0.4, -0.2) is 25.1 Å². The third kappa shape index (κ3) is 3.90. The molecule has 98 valence electrons. The number of carbonyl (C=O) groups excluding carboxylic acids is 2. The highest BCUT2D eigenvalue weighted by molar-refractivity contribution is 5.91. The summed E-state index contributed by atoms with van der Waals surface area (Å²) in [4.78, 5) is 22.5. The van der Waals surface area contributed by atoms with Crippen LogP contribution in [0.25, 0.3) is 0 Å². The van der Waals surface area contributed by atoms with Gasteiger partial charge in [0.1, 0.15) is 11.7 Å². The fraction of sp³-hybridized carbons (Fsp3) is 0.500. The molecule has 0 saturated carbocycles. The monoisotopic (exact) mass is 250 g/mol. The van der Waals surface area contributed by atoms with Crippen molar-refractivity contribution in [2.24, 2.45) is 0 Å². The summed E-state index contributed by atoms with van der Waals surface area (Å²) in [7, 11) is 0. The molecule has 0 aromatic heterocycles. The number of esters is 1. The Morgan fingerprint density at radius 2 is 2.00 bits per heavy atom. The van der Waals surface area contributed by atoms with E-state index >= 15 is 0 Å². The van der Waals surface area contributed by atoms with E-state index in [0.29, 0.717) is 30.1 Å². The smallest absolute Gasteiger partial charge is 0.338 e. The highest BCUT2D eigenvalue weighted by Crippen LogP contribution is 2.24. The maximum Gasteiger partial charge on any atom is 0.338 e. The Morgan fingerprint density at radius 1 is 1.28 bits per heavy atom. The van der Waals surface area contributed by atoms with E-state index in [2.05, 4.69) is 0 Å². The van der Waals surface area contributed by atoms with Crippen molar-refractivity contribution in [2.45, 2.75) is 33.1 Å². The number of hydrogen-bond donors (Lipinski definition) is 0. The number of ether oxygens (including phenoxy) is 2. The number of allylic oxidation sites excluding steroid dienone is 3. The lowest BCUT2D eigenvalue weighted by Gasteiger charge is -2.16. The van der Waals surface area contributed by atoms with E-state index in [1.807, 2.05) is 13.8 Å². The Kier molecular flexibility index (Phi) is 5.95. The van der Waals surface area contributed by atoms with E-state index in [1.165, 1.54) is 0 Å². The molecule has 0 aromatic rings. The maximum atomic E-state index is 11.9. The Bertz CT molecular complexity index is 412. The molecule has 0 saturated heterocycles. The van der Waals surface area contributed by atoms with Gasteiger partial charge >= 0.3 is 5.97 Å². The van der Waals surface area contributed by atoms with Crippen LogP contribution in [0.5, 0.6) is 0 Å². The van der Waals surface area contributed by atoms with Gasteiger partial charge in [0.2, 0.25) is 0 Å². The second-order valence-electron chi connectivity index (χ2n) is 3.96. The van der Waals surface area contributed by atoms with Crippen molar-refractivity contribution in [1.82, 2.24) is 0 Å². The largest absolute Gasteiger partial charge is 0.493 e. The van der Waals surface area contributed by atoms with Gasteiger partial charge in [-0.3, -0.25) is 0 Å². The van der Waals surface area contributed by atoms with Crippen LogP contribution in [0.3, 0.4) is 0 Å². The SMILES string of the molecule is CCCOC(=O)C1=C(OCCC)C=CC(=C=O)C1. The van der Waals surface area contributed by atoms with E-state index in [0.717, 1.165) is 12.8 Å². The molecule has 0 amide bonds. The highest BCUT2D eigenvalue weighted by Gasteiger charge is 2.21. The Hall–Kier alpha value is -1.80. The molecule has 18 heavy (non-hydrogen) atoms. The first-order chi connectivity index (χ1) is 8.72. The molecular formula is C14H18O4. The predicted octanol–water partition coefficient (Wildman–Crippen LogP) is 2.34. The van der Waals surface area contributed by atoms with E-state index in [9.17, 15) is 9.59 Å². The van der Waals surface area contributed by atoms with Gasteiger partial charge < -0.3 is 9.47 Å². The van der Waals surface area contributed by atoms with Gasteiger partial charge in [-0.25, -0.2) is 9.59 Å². The van der Waals surface area contributed by atoms with Crippen LogP contribution in [0, 0.1) is 0 Å². The average Bonchev–Trinajstić information content (AvgIpc) is 2.42. The van der Waals surface area contributed by atoms with Crippen LogP contribution >= 0.6 is 0 Å². The fourth-order valence-electron chi connectivity index (χ4n) is 1.49. The van der Waals surface area contributed by atoms with Gasteiger partial charge in [-0.05, 0) is 25.0 Å². The third-order valence-electron chi connectivity index (χ3n) is 2.38.